The van der Waals surface area contributed by atoms with Crippen LogP contribution in [-0.4, -0.2) is 34.8 Å². The zero-order chi connectivity index (χ0) is 21.5. The summed E-state index contributed by atoms with van der Waals surface area (Å²) < 4.78 is 46.6. The molecule has 0 radical (unpaired) electrons. The van der Waals surface area contributed by atoms with Crippen LogP contribution >= 0.6 is 22.9 Å². The average molecular weight is 454 g/mol. The lowest BCUT2D eigenvalue weighted by molar-refractivity contribution is -0.254. The van der Waals surface area contributed by atoms with E-state index >= 15 is 0 Å². The summed E-state index contributed by atoms with van der Waals surface area (Å²) in [6.07, 6.45) is -5.67. The number of hydrogen-bond donors (Lipinski definition) is 1. The number of aromatic nitrogens is 1. The largest absolute Gasteiger partial charge is 0.497 e. The molecule has 1 aliphatic rings. The van der Waals surface area contributed by atoms with Crippen molar-refractivity contribution in [3.05, 3.63) is 64.5 Å². The molecule has 0 saturated heterocycles. The van der Waals surface area contributed by atoms with E-state index in [9.17, 15) is 18.3 Å². The molecular formula is C20H15ClF3N3O2S. The summed E-state index contributed by atoms with van der Waals surface area (Å²) in [7, 11) is 1.54. The fraction of sp³-hybridized carbons (Fsp3) is 0.200. The molecule has 0 amide bonds. The quantitative estimate of drug-likeness (QED) is 0.579. The molecule has 1 aliphatic heterocycles. The Kier molecular flexibility index (Phi) is 5.21. The van der Waals surface area contributed by atoms with Crippen LogP contribution in [0.4, 0.5) is 18.3 Å². The number of hydrogen-bond acceptors (Lipinski definition) is 6. The lowest BCUT2D eigenvalue weighted by atomic mass is 10.0. The second-order valence-electron chi connectivity index (χ2n) is 6.60. The third-order valence-electron chi connectivity index (χ3n) is 4.68. The number of aliphatic hydroxyl groups is 1. The standard InChI is InChI=1S/C20H15ClF3N3O2S/c1-29-15-8-4-13(5-9-15)17-11-30-18(25-17)27-19(28,20(22,23)24)10-16(26-27)12-2-6-14(21)7-3-12/h2-9,11,28H,10H2,1H3/t19-/m0/s1. The van der Waals surface area contributed by atoms with Crippen LogP contribution in [0.3, 0.4) is 0 Å². The Bertz CT molecular complexity index is 1080. The zero-order valence-electron chi connectivity index (χ0n) is 15.5. The Hall–Kier alpha value is -2.62. The minimum Gasteiger partial charge on any atom is -0.497 e. The highest BCUT2D eigenvalue weighted by Crippen LogP contribution is 2.45. The number of nitrogens with zero attached hydrogens (tertiary/aromatic N) is 3. The van der Waals surface area contributed by atoms with Crippen molar-refractivity contribution in [3.8, 4) is 17.0 Å². The van der Waals surface area contributed by atoms with Crippen molar-refractivity contribution in [3.63, 3.8) is 0 Å². The number of anilines is 1. The number of benzene rings is 2. The van der Waals surface area contributed by atoms with Gasteiger partial charge < -0.3 is 9.84 Å². The highest BCUT2D eigenvalue weighted by atomic mass is 35.5. The Morgan fingerprint density at radius 1 is 1.10 bits per heavy atom. The first-order valence-electron chi connectivity index (χ1n) is 8.74. The van der Waals surface area contributed by atoms with Gasteiger partial charge in [-0.1, -0.05) is 23.7 Å². The van der Waals surface area contributed by atoms with Crippen molar-refractivity contribution in [1.82, 2.24) is 4.98 Å². The molecule has 0 spiro atoms. The van der Waals surface area contributed by atoms with Gasteiger partial charge in [0.2, 0.25) is 5.13 Å². The molecule has 5 nitrogen and oxygen atoms in total. The third kappa shape index (κ3) is 3.64. The maximum atomic E-state index is 13.8. The topological polar surface area (TPSA) is 58.0 Å². The number of ether oxygens (including phenoxy) is 1. The van der Waals surface area contributed by atoms with Gasteiger partial charge in [0, 0.05) is 16.0 Å². The second kappa shape index (κ2) is 7.57. The molecule has 1 atom stereocenters. The molecule has 2 heterocycles. The molecule has 2 aromatic carbocycles. The van der Waals surface area contributed by atoms with E-state index in [0.717, 1.165) is 11.3 Å². The van der Waals surface area contributed by atoms with Gasteiger partial charge in [-0.3, -0.25) is 0 Å². The molecule has 0 bridgehead atoms. The van der Waals surface area contributed by atoms with E-state index in [-0.39, 0.29) is 10.8 Å². The first kappa shape index (κ1) is 20.6. The van der Waals surface area contributed by atoms with Crippen molar-refractivity contribution in [2.75, 3.05) is 12.1 Å². The predicted molar refractivity (Wildman–Crippen MR) is 110 cm³/mol. The second-order valence-corrected chi connectivity index (χ2v) is 7.87. The fourth-order valence-corrected chi connectivity index (χ4v) is 4.00. The van der Waals surface area contributed by atoms with Crippen LogP contribution in [0.2, 0.25) is 5.02 Å². The van der Waals surface area contributed by atoms with Gasteiger partial charge in [0.1, 0.15) is 5.75 Å². The van der Waals surface area contributed by atoms with Crippen LogP contribution in [0.15, 0.2) is 59.0 Å². The van der Waals surface area contributed by atoms with E-state index in [2.05, 4.69) is 10.1 Å². The fourth-order valence-electron chi connectivity index (χ4n) is 3.03. The van der Waals surface area contributed by atoms with Gasteiger partial charge in [-0.25, -0.2) is 4.98 Å². The van der Waals surface area contributed by atoms with Crippen molar-refractivity contribution in [2.45, 2.75) is 18.3 Å². The van der Waals surface area contributed by atoms with Crippen LogP contribution in [0.1, 0.15) is 12.0 Å². The van der Waals surface area contributed by atoms with E-state index < -0.39 is 18.3 Å². The maximum absolute atomic E-state index is 13.8. The number of halogens is 4. The van der Waals surface area contributed by atoms with E-state index in [1.807, 2.05) is 0 Å². The Morgan fingerprint density at radius 2 is 1.73 bits per heavy atom. The van der Waals surface area contributed by atoms with Crippen molar-refractivity contribution in [1.29, 1.82) is 0 Å². The van der Waals surface area contributed by atoms with Crippen LogP contribution in [0, 0.1) is 0 Å². The molecular weight excluding hydrogens is 439 g/mol. The lowest BCUT2D eigenvalue weighted by Gasteiger charge is -2.32. The Morgan fingerprint density at radius 3 is 2.33 bits per heavy atom. The highest BCUT2D eigenvalue weighted by Gasteiger charge is 2.62. The molecule has 0 fully saturated rings. The van der Waals surface area contributed by atoms with E-state index in [0.29, 0.717) is 32.6 Å². The summed E-state index contributed by atoms with van der Waals surface area (Å²) in [6, 6.07) is 13.2. The number of thiazole rings is 1. The van der Waals surface area contributed by atoms with Crippen molar-refractivity contribution < 1.29 is 23.0 Å². The smallest absolute Gasteiger partial charge is 0.438 e. The summed E-state index contributed by atoms with van der Waals surface area (Å²) in [5.74, 6) is 0.650. The van der Waals surface area contributed by atoms with E-state index in [1.165, 1.54) is 7.11 Å². The Balaban J connectivity index is 1.72. The van der Waals surface area contributed by atoms with Crippen molar-refractivity contribution >= 4 is 33.8 Å². The van der Waals surface area contributed by atoms with Gasteiger partial charge in [0.25, 0.3) is 5.72 Å². The van der Waals surface area contributed by atoms with Gasteiger partial charge in [-0.05, 0) is 42.0 Å². The molecule has 1 N–H and O–H groups in total. The number of methoxy groups -OCH3 is 1. The monoisotopic (exact) mass is 453 g/mol. The van der Waals surface area contributed by atoms with Crippen LogP contribution in [-0.2, 0) is 0 Å². The number of rotatable bonds is 4. The first-order valence-corrected chi connectivity index (χ1v) is 10.00. The van der Waals surface area contributed by atoms with Crippen LogP contribution in [0.25, 0.3) is 11.3 Å². The SMILES string of the molecule is COc1ccc(-c2csc(N3N=C(c4ccc(Cl)cc4)C[C@]3(O)C(F)(F)F)n2)cc1. The average Bonchev–Trinajstić information content (AvgIpc) is 3.33. The van der Waals surface area contributed by atoms with Gasteiger partial charge in [0.15, 0.2) is 0 Å². The number of hydrazone groups is 1. The van der Waals surface area contributed by atoms with Crippen LogP contribution < -0.4 is 9.75 Å². The van der Waals surface area contributed by atoms with Gasteiger partial charge >= 0.3 is 6.18 Å². The van der Waals surface area contributed by atoms with Crippen molar-refractivity contribution in [2.24, 2.45) is 5.10 Å². The van der Waals surface area contributed by atoms with Crippen LogP contribution in [0.5, 0.6) is 5.75 Å². The molecule has 156 valence electrons. The summed E-state index contributed by atoms with van der Waals surface area (Å²) in [5.41, 5.74) is -1.49. The summed E-state index contributed by atoms with van der Waals surface area (Å²) in [6.45, 7) is 0. The lowest BCUT2D eigenvalue weighted by Crippen LogP contribution is -2.55. The molecule has 1 aromatic heterocycles. The molecule has 4 rings (SSSR count). The zero-order valence-corrected chi connectivity index (χ0v) is 17.1. The maximum Gasteiger partial charge on any atom is 0.438 e. The summed E-state index contributed by atoms with van der Waals surface area (Å²) >= 11 is 6.82. The first-order chi connectivity index (χ1) is 14.2. The van der Waals surface area contributed by atoms with Gasteiger partial charge in [-0.15, -0.1) is 11.3 Å². The predicted octanol–water partition coefficient (Wildman–Crippen LogP) is 5.34. The van der Waals surface area contributed by atoms with E-state index in [4.69, 9.17) is 16.3 Å². The van der Waals surface area contributed by atoms with E-state index in [1.54, 1.807) is 53.9 Å². The van der Waals surface area contributed by atoms with Gasteiger partial charge in [0.05, 0.1) is 24.9 Å². The summed E-state index contributed by atoms with van der Waals surface area (Å²) in [4.78, 5) is 4.28. The third-order valence-corrected chi connectivity index (χ3v) is 5.74. The highest BCUT2D eigenvalue weighted by molar-refractivity contribution is 7.14. The normalized spacial score (nSPS) is 19.1. The molecule has 30 heavy (non-hydrogen) atoms. The molecule has 0 saturated carbocycles. The minimum absolute atomic E-state index is 0.0652. The summed E-state index contributed by atoms with van der Waals surface area (Å²) in [5, 5.41) is 17.2. The minimum atomic E-state index is -4.95. The molecule has 0 unspecified atom stereocenters. The number of alkyl halides is 3. The van der Waals surface area contributed by atoms with Gasteiger partial charge in [-0.2, -0.15) is 23.3 Å². The molecule has 10 heteroatoms. The Labute approximate surface area is 179 Å². The molecule has 3 aromatic rings. The molecule has 0 aliphatic carbocycles.